The van der Waals surface area contributed by atoms with Crippen LogP contribution in [0.2, 0.25) is 0 Å². The lowest BCUT2D eigenvalue weighted by Gasteiger charge is -2.17. The molecule has 0 aliphatic heterocycles. The molecule has 0 unspecified atom stereocenters. The van der Waals surface area contributed by atoms with Crippen LogP contribution >= 0.6 is 0 Å². The van der Waals surface area contributed by atoms with Gasteiger partial charge in [0.1, 0.15) is 10.7 Å². The molecular formula is C15H18FN3O2S. The third-order valence-electron chi connectivity index (χ3n) is 3.07. The summed E-state index contributed by atoms with van der Waals surface area (Å²) in [6.45, 7) is 5.94. The van der Waals surface area contributed by atoms with Crippen molar-refractivity contribution in [1.82, 2.24) is 4.98 Å². The molecule has 0 atom stereocenters. The number of aromatic nitrogens is 1. The van der Waals surface area contributed by atoms with E-state index in [-0.39, 0.29) is 21.7 Å². The van der Waals surface area contributed by atoms with Gasteiger partial charge in [-0.15, -0.1) is 0 Å². The van der Waals surface area contributed by atoms with Gasteiger partial charge in [0.15, 0.2) is 0 Å². The largest absolute Gasteiger partial charge is 0.397 e. The van der Waals surface area contributed by atoms with Crippen molar-refractivity contribution in [2.45, 2.75) is 31.1 Å². The molecule has 0 amide bonds. The SMILES string of the molecule is CC(C)(C)c1ccc(S(=O)(=O)Nc2cc(F)ccc2N)cn1. The van der Waals surface area contributed by atoms with E-state index in [1.807, 2.05) is 20.8 Å². The van der Waals surface area contributed by atoms with Crippen LogP contribution in [-0.2, 0) is 15.4 Å². The second-order valence-electron chi connectivity index (χ2n) is 5.97. The third-order valence-corrected chi connectivity index (χ3v) is 4.43. The van der Waals surface area contributed by atoms with Gasteiger partial charge in [0, 0.05) is 23.4 Å². The van der Waals surface area contributed by atoms with Crippen molar-refractivity contribution in [2.75, 3.05) is 10.5 Å². The van der Waals surface area contributed by atoms with E-state index in [1.165, 1.54) is 18.3 Å². The van der Waals surface area contributed by atoms with Crippen LogP contribution in [0, 0.1) is 5.82 Å². The van der Waals surface area contributed by atoms with Gasteiger partial charge in [0.05, 0.1) is 11.4 Å². The number of sulfonamides is 1. The Morgan fingerprint density at radius 3 is 2.41 bits per heavy atom. The predicted octanol–water partition coefficient (Wildman–Crippen LogP) is 2.90. The molecule has 118 valence electrons. The summed E-state index contributed by atoms with van der Waals surface area (Å²) in [4.78, 5) is 4.16. The quantitative estimate of drug-likeness (QED) is 0.851. The lowest BCUT2D eigenvalue weighted by atomic mass is 9.92. The molecular weight excluding hydrogens is 305 g/mol. The number of nitrogen functional groups attached to an aromatic ring is 1. The van der Waals surface area contributed by atoms with Gasteiger partial charge in [-0.25, -0.2) is 12.8 Å². The van der Waals surface area contributed by atoms with Crippen LogP contribution in [0.1, 0.15) is 26.5 Å². The van der Waals surface area contributed by atoms with Gasteiger partial charge in [0.2, 0.25) is 0 Å². The fraction of sp³-hybridized carbons (Fsp3) is 0.267. The third kappa shape index (κ3) is 3.54. The van der Waals surface area contributed by atoms with Gasteiger partial charge in [-0.1, -0.05) is 20.8 Å². The first-order valence-corrected chi connectivity index (χ1v) is 8.12. The number of benzene rings is 1. The molecule has 0 saturated carbocycles. The van der Waals surface area contributed by atoms with Crippen LogP contribution in [0.4, 0.5) is 15.8 Å². The molecule has 7 heteroatoms. The highest BCUT2D eigenvalue weighted by Crippen LogP contribution is 2.24. The number of hydrogen-bond acceptors (Lipinski definition) is 4. The Bertz CT molecular complexity index is 781. The standard InChI is InChI=1S/C15H18FN3O2S/c1-15(2,3)14-7-5-11(9-18-14)22(20,21)19-13-8-10(16)4-6-12(13)17/h4-9,19H,17H2,1-3H3. The second-order valence-corrected chi connectivity index (χ2v) is 7.65. The smallest absolute Gasteiger partial charge is 0.263 e. The van der Waals surface area contributed by atoms with E-state index in [0.29, 0.717) is 0 Å². The van der Waals surface area contributed by atoms with E-state index < -0.39 is 15.8 Å². The summed E-state index contributed by atoms with van der Waals surface area (Å²) in [5.41, 5.74) is 6.39. The Morgan fingerprint density at radius 1 is 1.18 bits per heavy atom. The van der Waals surface area contributed by atoms with Crippen molar-refractivity contribution in [3.05, 3.63) is 48.0 Å². The van der Waals surface area contributed by atoms with Crippen LogP contribution in [0.5, 0.6) is 0 Å². The maximum atomic E-state index is 13.2. The second kappa shape index (κ2) is 5.57. The van der Waals surface area contributed by atoms with Crippen LogP contribution in [-0.4, -0.2) is 13.4 Å². The fourth-order valence-electron chi connectivity index (χ4n) is 1.80. The lowest BCUT2D eigenvalue weighted by molar-refractivity contribution is 0.566. The average molecular weight is 323 g/mol. The number of pyridine rings is 1. The van der Waals surface area contributed by atoms with E-state index in [4.69, 9.17) is 5.73 Å². The molecule has 22 heavy (non-hydrogen) atoms. The van der Waals surface area contributed by atoms with Gasteiger partial charge in [0.25, 0.3) is 10.0 Å². The summed E-state index contributed by atoms with van der Waals surface area (Å²) in [5, 5.41) is 0. The molecule has 3 N–H and O–H groups in total. The monoisotopic (exact) mass is 323 g/mol. The van der Waals surface area contributed by atoms with Crippen molar-refractivity contribution in [3.8, 4) is 0 Å². The highest BCUT2D eigenvalue weighted by atomic mass is 32.2. The van der Waals surface area contributed by atoms with Crippen molar-refractivity contribution >= 4 is 21.4 Å². The van der Waals surface area contributed by atoms with Crippen LogP contribution in [0.15, 0.2) is 41.4 Å². The van der Waals surface area contributed by atoms with Crippen molar-refractivity contribution in [2.24, 2.45) is 0 Å². The topological polar surface area (TPSA) is 85.1 Å². The first kappa shape index (κ1) is 16.2. The summed E-state index contributed by atoms with van der Waals surface area (Å²) in [6, 6.07) is 6.61. The van der Waals surface area contributed by atoms with E-state index >= 15 is 0 Å². The number of anilines is 2. The minimum absolute atomic E-state index is 0.0000945. The lowest BCUT2D eigenvalue weighted by Crippen LogP contribution is -2.17. The molecule has 0 spiro atoms. The first-order chi connectivity index (χ1) is 10.1. The molecule has 0 aliphatic rings. The Hall–Kier alpha value is -2.15. The normalized spacial score (nSPS) is 12.2. The molecule has 0 aliphatic carbocycles. The molecule has 0 radical (unpaired) electrons. The molecule has 0 fully saturated rings. The molecule has 0 bridgehead atoms. The summed E-state index contributed by atoms with van der Waals surface area (Å²) in [5.74, 6) is -0.576. The maximum Gasteiger partial charge on any atom is 0.263 e. The average Bonchev–Trinajstić information content (AvgIpc) is 2.42. The molecule has 0 saturated heterocycles. The summed E-state index contributed by atoms with van der Waals surface area (Å²) < 4.78 is 40.1. The van der Waals surface area contributed by atoms with E-state index in [1.54, 1.807) is 6.07 Å². The molecule has 1 aromatic heterocycles. The van der Waals surface area contributed by atoms with Gasteiger partial charge < -0.3 is 5.73 Å². The molecule has 2 aromatic rings. The Kier molecular flexibility index (Phi) is 4.10. The van der Waals surface area contributed by atoms with Crippen LogP contribution in [0.25, 0.3) is 0 Å². The maximum absolute atomic E-state index is 13.2. The van der Waals surface area contributed by atoms with Crippen LogP contribution < -0.4 is 10.5 Å². The molecule has 1 heterocycles. The van der Waals surface area contributed by atoms with Gasteiger partial charge in [-0.05, 0) is 24.3 Å². The van der Waals surface area contributed by atoms with E-state index in [0.717, 1.165) is 17.8 Å². The fourth-order valence-corrected chi connectivity index (χ4v) is 2.83. The summed E-state index contributed by atoms with van der Waals surface area (Å²) in [7, 11) is -3.87. The van der Waals surface area contributed by atoms with Gasteiger partial charge in [-0.3, -0.25) is 9.71 Å². The van der Waals surface area contributed by atoms with Crippen molar-refractivity contribution in [3.63, 3.8) is 0 Å². The molecule has 2 rings (SSSR count). The molecule has 5 nitrogen and oxygen atoms in total. The predicted molar refractivity (Wildman–Crippen MR) is 84.6 cm³/mol. The van der Waals surface area contributed by atoms with E-state index in [2.05, 4.69) is 9.71 Å². The highest BCUT2D eigenvalue weighted by Gasteiger charge is 2.19. The van der Waals surface area contributed by atoms with Crippen molar-refractivity contribution in [1.29, 1.82) is 0 Å². The number of nitrogens with zero attached hydrogens (tertiary/aromatic N) is 1. The zero-order valence-electron chi connectivity index (χ0n) is 12.6. The zero-order valence-corrected chi connectivity index (χ0v) is 13.4. The summed E-state index contributed by atoms with van der Waals surface area (Å²) in [6.07, 6.45) is 1.28. The number of hydrogen-bond donors (Lipinski definition) is 2. The Balaban J connectivity index is 2.33. The van der Waals surface area contributed by atoms with E-state index in [9.17, 15) is 12.8 Å². The number of nitrogens with one attached hydrogen (secondary N) is 1. The Labute approximate surface area is 129 Å². The minimum Gasteiger partial charge on any atom is -0.397 e. The minimum atomic E-state index is -3.87. The first-order valence-electron chi connectivity index (χ1n) is 6.64. The van der Waals surface area contributed by atoms with Gasteiger partial charge in [-0.2, -0.15) is 0 Å². The number of halogens is 1. The van der Waals surface area contributed by atoms with Crippen LogP contribution in [0.3, 0.4) is 0 Å². The zero-order chi connectivity index (χ0) is 16.5. The number of rotatable bonds is 3. The molecule has 1 aromatic carbocycles. The van der Waals surface area contributed by atoms with Crippen molar-refractivity contribution < 1.29 is 12.8 Å². The Morgan fingerprint density at radius 2 is 1.86 bits per heavy atom. The number of nitrogens with two attached hydrogens (primary N) is 1. The summed E-state index contributed by atoms with van der Waals surface area (Å²) >= 11 is 0. The highest BCUT2D eigenvalue weighted by molar-refractivity contribution is 7.92. The van der Waals surface area contributed by atoms with Gasteiger partial charge >= 0.3 is 0 Å².